The number of hydrogen-bond acceptors (Lipinski definition) is 4. The maximum Gasteiger partial charge on any atom is 0.308 e. The third-order valence-electron chi connectivity index (χ3n) is 3.83. The van der Waals surface area contributed by atoms with Crippen molar-refractivity contribution in [3.05, 3.63) is 28.5 Å². The number of esters is 1. The molecule has 0 atom stereocenters. The number of ether oxygens (including phenoxy) is 1. The Balaban J connectivity index is 1.91. The molecule has 0 saturated heterocycles. The number of carbonyl (C=O) groups is 2. The van der Waals surface area contributed by atoms with Crippen molar-refractivity contribution >= 4 is 23.5 Å². The number of pyridine rings is 1. The van der Waals surface area contributed by atoms with Gasteiger partial charge in [0, 0.05) is 11.7 Å². The van der Waals surface area contributed by atoms with E-state index in [0.29, 0.717) is 5.56 Å². The molecular weight excluding hydrogens is 292 g/mol. The van der Waals surface area contributed by atoms with Crippen molar-refractivity contribution in [2.24, 2.45) is 5.92 Å². The van der Waals surface area contributed by atoms with E-state index in [2.05, 4.69) is 10.3 Å². The molecule has 6 heteroatoms. The Morgan fingerprint density at radius 3 is 2.52 bits per heavy atom. The van der Waals surface area contributed by atoms with Crippen LogP contribution in [0.15, 0.2) is 12.1 Å². The van der Waals surface area contributed by atoms with Crippen LogP contribution in [-0.2, 0) is 9.53 Å². The summed E-state index contributed by atoms with van der Waals surface area (Å²) in [5.74, 6) is -0.424. The Bertz CT molecular complexity index is 540. The number of halogens is 1. The van der Waals surface area contributed by atoms with Crippen LogP contribution in [0.1, 0.15) is 41.7 Å². The second-order valence-corrected chi connectivity index (χ2v) is 5.69. The van der Waals surface area contributed by atoms with Gasteiger partial charge in [-0.15, -0.1) is 0 Å². The van der Waals surface area contributed by atoms with Gasteiger partial charge >= 0.3 is 5.97 Å². The van der Waals surface area contributed by atoms with E-state index in [1.165, 1.54) is 7.11 Å². The van der Waals surface area contributed by atoms with Crippen molar-refractivity contribution in [1.82, 2.24) is 10.3 Å². The van der Waals surface area contributed by atoms with E-state index in [1.807, 2.05) is 6.92 Å². The average molecular weight is 311 g/mol. The number of amides is 1. The Labute approximate surface area is 129 Å². The summed E-state index contributed by atoms with van der Waals surface area (Å²) in [5.41, 5.74) is 1.16. The summed E-state index contributed by atoms with van der Waals surface area (Å²) in [6.45, 7) is 1.82. The van der Waals surface area contributed by atoms with Crippen LogP contribution in [0.25, 0.3) is 0 Å². The van der Waals surface area contributed by atoms with Crippen LogP contribution in [0.2, 0.25) is 5.15 Å². The van der Waals surface area contributed by atoms with Gasteiger partial charge in [-0.05, 0) is 44.7 Å². The minimum absolute atomic E-state index is 0.0484. The second-order valence-electron chi connectivity index (χ2n) is 5.34. The highest BCUT2D eigenvalue weighted by Gasteiger charge is 2.28. The summed E-state index contributed by atoms with van der Waals surface area (Å²) in [4.78, 5) is 27.7. The number of carbonyl (C=O) groups excluding carboxylic acids is 2. The predicted molar refractivity (Wildman–Crippen MR) is 79.2 cm³/mol. The smallest absolute Gasteiger partial charge is 0.308 e. The number of nitrogens with zero attached hydrogens (tertiary/aromatic N) is 1. The van der Waals surface area contributed by atoms with E-state index in [0.717, 1.165) is 31.4 Å². The third kappa shape index (κ3) is 3.94. The highest BCUT2D eigenvalue weighted by Crippen LogP contribution is 2.25. The Kier molecular flexibility index (Phi) is 5.17. The van der Waals surface area contributed by atoms with E-state index < -0.39 is 0 Å². The van der Waals surface area contributed by atoms with Gasteiger partial charge in [0.15, 0.2) is 0 Å². The van der Waals surface area contributed by atoms with Gasteiger partial charge in [0.1, 0.15) is 5.15 Å². The third-order valence-corrected chi connectivity index (χ3v) is 4.12. The molecule has 0 radical (unpaired) electrons. The molecule has 1 aliphatic rings. The van der Waals surface area contributed by atoms with E-state index in [-0.39, 0.29) is 29.0 Å². The zero-order valence-electron chi connectivity index (χ0n) is 12.2. The van der Waals surface area contributed by atoms with Crippen LogP contribution < -0.4 is 5.32 Å². The number of nitrogens with one attached hydrogen (secondary N) is 1. The quantitative estimate of drug-likeness (QED) is 0.688. The molecule has 1 aromatic rings. The lowest BCUT2D eigenvalue weighted by Gasteiger charge is -2.27. The summed E-state index contributed by atoms with van der Waals surface area (Å²) < 4.78 is 4.75. The standard InChI is InChI=1S/C15H19ClN2O3/c1-9-3-8-12(13(16)17-9)14(19)18-11-6-4-10(5-7-11)15(20)21-2/h3,8,10-11H,4-7H2,1-2H3,(H,18,19)/t10-,11+. The Morgan fingerprint density at radius 1 is 1.29 bits per heavy atom. The first-order chi connectivity index (χ1) is 10.0. The molecule has 21 heavy (non-hydrogen) atoms. The molecule has 1 amide bonds. The second kappa shape index (κ2) is 6.89. The van der Waals surface area contributed by atoms with Gasteiger partial charge in [-0.3, -0.25) is 9.59 Å². The Morgan fingerprint density at radius 2 is 1.95 bits per heavy atom. The summed E-state index contributed by atoms with van der Waals surface area (Å²) in [6, 6.07) is 3.51. The maximum absolute atomic E-state index is 12.2. The Hall–Kier alpha value is -1.62. The van der Waals surface area contributed by atoms with E-state index in [1.54, 1.807) is 12.1 Å². The molecule has 1 heterocycles. The molecule has 0 bridgehead atoms. The van der Waals surface area contributed by atoms with Gasteiger partial charge in [0.05, 0.1) is 18.6 Å². The lowest BCUT2D eigenvalue weighted by atomic mass is 9.86. The molecule has 1 fully saturated rings. The van der Waals surface area contributed by atoms with Crippen LogP contribution >= 0.6 is 11.6 Å². The molecule has 114 valence electrons. The van der Waals surface area contributed by atoms with Crippen molar-refractivity contribution in [3.8, 4) is 0 Å². The highest BCUT2D eigenvalue weighted by atomic mass is 35.5. The zero-order chi connectivity index (χ0) is 15.4. The van der Waals surface area contributed by atoms with Crippen molar-refractivity contribution in [1.29, 1.82) is 0 Å². The number of methoxy groups -OCH3 is 1. The molecular formula is C15H19ClN2O3. The summed E-state index contributed by atoms with van der Waals surface area (Å²) >= 11 is 5.99. The molecule has 0 spiro atoms. The molecule has 1 N–H and O–H groups in total. The molecule has 0 aromatic carbocycles. The van der Waals surface area contributed by atoms with Crippen molar-refractivity contribution in [3.63, 3.8) is 0 Å². The van der Waals surface area contributed by atoms with E-state index >= 15 is 0 Å². The number of rotatable bonds is 3. The van der Waals surface area contributed by atoms with Crippen LogP contribution in [0.5, 0.6) is 0 Å². The van der Waals surface area contributed by atoms with Crippen LogP contribution in [0.3, 0.4) is 0 Å². The largest absolute Gasteiger partial charge is 0.469 e. The first-order valence-electron chi connectivity index (χ1n) is 7.03. The molecule has 2 rings (SSSR count). The van der Waals surface area contributed by atoms with Crippen molar-refractivity contribution < 1.29 is 14.3 Å². The van der Waals surface area contributed by atoms with Crippen LogP contribution in [0, 0.1) is 12.8 Å². The minimum Gasteiger partial charge on any atom is -0.469 e. The van der Waals surface area contributed by atoms with Gasteiger partial charge in [-0.2, -0.15) is 0 Å². The maximum atomic E-state index is 12.2. The molecule has 5 nitrogen and oxygen atoms in total. The summed E-state index contributed by atoms with van der Waals surface area (Å²) in [5, 5.41) is 3.18. The predicted octanol–water partition coefficient (Wildman–Crippen LogP) is 2.51. The first kappa shape index (κ1) is 15.8. The first-order valence-corrected chi connectivity index (χ1v) is 7.41. The van der Waals surface area contributed by atoms with E-state index in [4.69, 9.17) is 16.3 Å². The van der Waals surface area contributed by atoms with Gasteiger partial charge < -0.3 is 10.1 Å². The normalized spacial score (nSPS) is 21.7. The number of aryl methyl sites for hydroxylation is 1. The number of hydrogen-bond donors (Lipinski definition) is 1. The van der Waals surface area contributed by atoms with Crippen molar-refractivity contribution in [2.75, 3.05) is 7.11 Å². The molecule has 1 aliphatic carbocycles. The lowest BCUT2D eigenvalue weighted by Crippen LogP contribution is -2.39. The molecule has 1 aromatic heterocycles. The molecule has 1 saturated carbocycles. The van der Waals surface area contributed by atoms with Crippen LogP contribution in [0.4, 0.5) is 0 Å². The zero-order valence-corrected chi connectivity index (χ0v) is 12.9. The van der Waals surface area contributed by atoms with Gasteiger partial charge in [-0.25, -0.2) is 4.98 Å². The monoisotopic (exact) mass is 310 g/mol. The molecule has 0 unspecified atom stereocenters. The average Bonchev–Trinajstić information content (AvgIpc) is 2.47. The fourth-order valence-corrected chi connectivity index (χ4v) is 2.88. The van der Waals surface area contributed by atoms with Gasteiger partial charge in [-0.1, -0.05) is 11.6 Å². The SMILES string of the molecule is COC(=O)[C@H]1CC[C@@H](NC(=O)c2ccc(C)nc2Cl)CC1. The van der Waals surface area contributed by atoms with Crippen molar-refractivity contribution in [2.45, 2.75) is 38.6 Å². The number of aromatic nitrogens is 1. The topological polar surface area (TPSA) is 68.3 Å². The van der Waals surface area contributed by atoms with Crippen LogP contribution in [-0.4, -0.2) is 30.0 Å². The highest BCUT2D eigenvalue weighted by molar-refractivity contribution is 6.32. The lowest BCUT2D eigenvalue weighted by molar-refractivity contribution is -0.146. The van der Waals surface area contributed by atoms with Gasteiger partial charge in [0.25, 0.3) is 5.91 Å². The summed E-state index contributed by atoms with van der Waals surface area (Å²) in [7, 11) is 1.41. The molecule has 0 aliphatic heterocycles. The summed E-state index contributed by atoms with van der Waals surface area (Å²) in [6.07, 6.45) is 3.00. The fraction of sp³-hybridized carbons (Fsp3) is 0.533. The fourth-order valence-electron chi connectivity index (χ4n) is 2.60. The van der Waals surface area contributed by atoms with E-state index in [9.17, 15) is 9.59 Å². The minimum atomic E-state index is -0.214. The van der Waals surface area contributed by atoms with Gasteiger partial charge in [0.2, 0.25) is 0 Å².